The molecule has 3 aromatic rings. The molecule has 2 aromatic carbocycles. The molecule has 126 valence electrons. The summed E-state index contributed by atoms with van der Waals surface area (Å²) in [5.41, 5.74) is 1.84. The standard InChI is InChI=1S/C19H14Cl2N2O2/c1-12-4-7-14(8-5-12)25-17-9-6-13(20)11-16(17)23-19(24)15-3-2-10-22-18(15)21/h2-11H,1H3,(H,23,24). The molecule has 0 saturated carbocycles. The van der Waals surface area contributed by atoms with Crippen LogP contribution in [0.3, 0.4) is 0 Å². The van der Waals surface area contributed by atoms with E-state index in [1.54, 1.807) is 30.3 Å². The monoisotopic (exact) mass is 372 g/mol. The van der Waals surface area contributed by atoms with Crippen LogP contribution in [0.5, 0.6) is 11.5 Å². The van der Waals surface area contributed by atoms with E-state index in [2.05, 4.69) is 10.3 Å². The fraction of sp³-hybridized carbons (Fsp3) is 0.0526. The number of aromatic nitrogens is 1. The average molecular weight is 373 g/mol. The van der Waals surface area contributed by atoms with Gasteiger partial charge in [-0.25, -0.2) is 4.98 Å². The van der Waals surface area contributed by atoms with E-state index in [4.69, 9.17) is 27.9 Å². The Bertz CT molecular complexity index is 912. The minimum absolute atomic E-state index is 0.128. The van der Waals surface area contributed by atoms with Gasteiger partial charge in [0.1, 0.15) is 10.9 Å². The lowest BCUT2D eigenvalue weighted by molar-refractivity contribution is 0.102. The topological polar surface area (TPSA) is 51.2 Å². The van der Waals surface area contributed by atoms with Gasteiger partial charge in [-0.1, -0.05) is 40.9 Å². The molecule has 6 heteroatoms. The van der Waals surface area contributed by atoms with Crippen molar-refractivity contribution in [2.45, 2.75) is 6.92 Å². The Balaban J connectivity index is 1.88. The molecule has 0 bridgehead atoms. The third kappa shape index (κ3) is 4.29. The minimum atomic E-state index is -0.394. The molecule has 0 spiro atoms. The molecular formula is C19H14Cl2N2O2. The molecule has 0 unspecified atom stereocenters. The number of halogens is 2. The summed E-state index contributed by atoms with van der Waals surface area (Å²) in [5.74, 6) is 0.735. The molecule has 0 aliphatic rings. The van der Waals surface area contributed by atoms with Crippen LogP contribution in [-0.4, -0.2) is 10.9 Å². The fourth-order valence-corrected chi connectivity index (χ4v) is 2.54. The highest BCUT2D eigenvalue weighted by atomic mass is 35.5. The van der Waals surface area contributed by atoms with Crippen LogP contribution in [0.15, 0.2) is 60.8 Å². The first-order valence-corrected chi connectivity index (χ1v) is 8.24. The first-order chi connectivity index (χ1) is 12.0. The number of aryl methyl sites for hydroxylation is 1. The Labute approximate surface area is 155 Å². The van der Waals surface area contributed by atoms with Crippen LogP contribution < -0.4 is 10.1 Å². The van der Waals surface area contributed by atoms with Crippen molar-refractivity contribution < 1.29 is 9.53 Å². The molecule has 1 aromatic heterocycles. The van der Waals surface area contributed by atoms with Gasteiger partial charge in [0.15, 0.2) is 5.75 Å². The van der Waals surface area contributed by atoms with Crippen molar-refractivity contribution in [3.05, 3.63) is 82.1 Å². The number of anilines is 1. The lowest BCUT2D eigenvalue weighted by atomic mass is 10.2. The molecule has 1 amide bonds. The molecule has 0 radical (unpaired) electrons. The number of nitrogens with one attached hydrogen (secondary N) is 1. The molecule has 1 heterocycles. The Morgan fingerprint density at radius 3 is 2.56 bits per heavy atom. The van der Waals surface area contributed by atoms with E-state index >= 15 is 0 Å². The second-order valence-electron chi connectivity index (χ2n) is 5.35. The summed E-state index contributed by atoms with van der Waals surface area (Å²) in [4.78, 5) is 16.4. The number of benzene rings is 2. The number of rotatable bonds is 4. The zero-order chi connectivity index (χ0) is 17.8. The summed E-state index contributed by atoms with van der Waals surface area (Å²) in [6, 6.07) is 15.8. The first kappa shape index (κ1) is 17.3. The maximum atomic E-state index is 12.5. The summed E-state index contributed by atoms with van der Waals surface area (Å²) in [5, 5.41) is 3.37. The molecule has 1 N–H and O–H groups in total. The third-order valence-electron chi connectivity index (χ3n) is 3.44. The van der Waals surface area contributed by atoms with E-state index in [1.165, 1.54) is 6.20 Å². The van der Waals surface area contributed by atoms with Crippen molar-refractivity contribution in [3.63, 3.8) is 0 Å². The van der Waals surface area contributed by atoms with Gasteiger partial charge < -0.3 is 10.1 Å². The lowest BCUT2D eigenvalue weighted by Crippen LogP contribution is -2.13. The lowest BCUT2D eigenvalue weighted by Gasteiger charge is -2.13. The van der Waals surface area contributed by atoms with E-state index in [0.29, 0.717) is 22.2 Å². The van der Waals surface area contributed by atoms with E-state index < -0.39 is 5.91 Å². The van der Waals surface area contributed by atoms with Crippen molar-refractivity contribution in [2.24, 2.45) is 0 Å². The number of hydrogen-bond donors (Lipinski definition) is 1. The number of ether oxygens (including phenoxy) is 1. The first-order valence-electron chi connectivity index (χ1n) is 7.49. The van der Waals surface area contributed by atoms with Crippen LogP contribution in [0, 0.1) is 6.92 Å². The highest BCUT2D eigenvalue weighted by Gasteiger charge is 2.14. The molecule has 0 fully saturated rings. The van der Waals surface area contributed by atoms with Gasteiger partial charge in [0.25, 0.3) is 5.91 Å². The Hall–Kier alpha value is -2.56. The van der Waals surface area contributed by atoms with E-state index in [9.17, 15) is 4.79 Å². The van der Waals surface area contributed by atoms with Gasteiger partial charge in [0.2, 0.25) is 0 Å². The second kappa shape index (κ2) is 7.55. The highest BCUT2D eigenvalue weighted by Crippen LogP contribution is 2.32. The van der Waals surface area contributed by atoms with Crippen molar-refractivity contribution >= 4 is 34.8 Å². The zero-order valence-corrected chi connectivity index (χ0v) is 14.8. The average Bonchev–Trinajstić information content (AvgIpc) is 2.59. The summed E-state index contributed by atoms with van der Waals surface area (Å²) >= 11 is 12.0. The summed E-state index contributed by atoms with van der Waals surface area (Å²) in [6.07, 6.45) is 1.52. The molecule has 0 aliphatic carbocycles. The number of nitrogens with zero attached hydrogens (tertiary/aromatic N) is 1. The van der Waals surface area contributed by atoms with Crippen molar-refractivity contribution in [2.75, 3.05) is 5.32 Å². The van der Waals surface area contributed by atoms with Gasteiger partial charge in [-0.15, -0.1) is 0 Å². The van der Waals surface area contributed by atoms with Gasteiger partial charge in [-0.05, 0) is 49.4 Å². The minimum Gasteiger partial charge on any atom is -0.455 e. The quantitative estimate of drug-likeness (QED) is 0.593. The molecular weight excluding hydrogens is 359 g/mol. The zero-order valence-electron chi connectivity index (χ0n) is 13.3. The fourth-order valence-electron chi connectivity index (χ4n) is 2.17. The molecule has 0 atom stereocenters. The summed E-state index contributed by atoms with van der Waals surface area (Å²) in [6.45, 7) is 2.00. The highest BCUT2D eigenvalue weighted by molar-refractivity contribution is 6.33. The molecule has 0 aliphatic heterocycles. The maximum absolute atomic E-state index is 12.5. The van der Waals surface area contributed by atoms with Gasteiger partial charge >= 0.3 is 0 Å². The molecule has 4 nitrogen and oxygen atoms in total. The smallest absolute Gasteiger partial charge is 0.258 e. The number of carbonyl (C=O) groups is 1. The van der Waals surface area contributed by atoms with E-state index in [-0.39, 0.29) is 10.7 Å². The second-order valence-corrected chi connectivity index (χ2v) is 6.15. The van der Waals surface area contributed by atoms with Crippen LogP contribution in [0.1, 0.15) is 15.9 Å². The van der Waals surface area contributed by atoms with Crippen LogP contribution >= 0.6 is 23.2 Å². The van der Waals surface area contributed by atoms with Crippen LogP contribution in [0.25, 0.3) is 0 Å². The largest absolute Gasteiger partial charge is 0.455 e. The normalized spacial score (nSPS) is 10.4. The van der Waals surface area contributed by atoms with Crippen LogP contribution in [0.4, 0.5) is 5.69 Å². The van der Waals surface area contributed by atoms with E-state index in [1.807, 2.05) is 31.2 Å². The Morgan fingerprint density at radius 1 is 1.08 bits per heavy atom. The number of carbonyl (C=O) groups excluding carboxylic acids is 1. The third-order valence-corrected chi connectivity index (χ3v) is 3.98. The number of pyridine rings is 1. The van der Waals surface area contributed by atoms with Gasteiger partial charge in [0.05, 0.1) is 11.3 Å². The van der Waals surface area contributed by atoms with E-state index in [0.717, 1.165) is 5.56 Å². The van der Waals surface area contributed by atoms with Gasteiger partial charge in [-0.3, -0.25) is 4.79 Å². The molecule has 0 saturated heterocycles. The Kier molecular flexibility index (Phi) is 5.22. The SMILES string of the molecule is Cc1ccc(Oc2ccc(Cl)cc2NC(=O)c2cccnc2Cl)cc1. The maximum Gasteiger partial charge on any atom is 0.258 e. The van der Waals surface area contributed by atoms with Crippen molar-refractivity contribution in [1.29, 1.82) is 0 Å². The predicted molar refractivity (Wildman–Crippen MR) is 99.9 cm³/mol. The summed E-state index contributed by atoms with van der Waals surface area (Å²) < 4.78 is 5.86. The summed E-state index contributed by atoms with van der Waals surface area (Å²) in [7, 11) is 0. The predicted octanol–water partition coefficient (Wildman–Crippen LogP) is 5.74. The molecule has 25 heavy (non-hydrogen) atoms. The van der Waals surface area contributed by atoms with Crippen LogP contribution in [-0.2, 0) is 0 Å². The number of amides is 1. The Morgan fingerprint density at radius 2 is 1.84 bits per heavy atom. The van der Waals surface area contributed by atoms with Crippen LogP contribution in [0.2, 0.25) is 10.2 Å². The number of hydrogen-bond acceptors (Lipinski definition) is 3. The molecule has 3 rings (SSSR count). The van der Waals surface area contributed by atoms with Gasteiger partial charge in [0, 0.05) is 11.2 Å². The van der Waals surface area contributed by atoms with Crippen molar-refractivity contribution in [1.82, 2.24) is 4.98 Å². The van der Waals surface area contributed by atoms with Crippen molar-refractivity contribution in [3.8, 4) is 11.5 Å². The van der Waals surface area contributed by atoms with Gasteiger partial charge in [-0.2, -0.15) is 0 Å².